The third-order valence-electron chi connectivity index (χ3n) is 2.36. The molecule has 0 rings (SSSR count). The zero-order valence-corrected chi connectivity index (χ0v) is 11.5. The molecular weight excluding hydrogens is 202 g/mol. The molecule has 0 radical (unpaired) electrons. The van der Waals surface area contributed by atoms with Gasteiger partial charge in [0.2, 0.25) is 0 Å². The molecule has 0 bridgehead atoms. The molecule has 0 heterocycles. The summed E-state index contributed by atoms with van der Waals surface area (Å²) in [4.78, 5) is 0. The van der Waals surface area contributed by atoms with Gasteiger partial charge in [-0.2, -0.15) is 0 Å². The quantitative estimate of drug-likeness (QED) is 0.673. The van der Waals surface area contributed by atoms with Crippen molar-refractivity contribution < 1.29 is 9.84 Å². The molecule has 0 aliphatic heterocycles. The fraction of sp³-hybridized carbons (Fsp3) is 1.00. The molecule has 0 aromatic rings. The standard InChI is InChI=1S/C13H29NO2/c1-6-7-11(2)9-16-10-12(15)8-14-13(3,4)5/h11-12,14-15H,6-10H2,1-5H3. The summed E-state index contributed by atoms with van der Waals surface area (Å²) >= 11 is 0. The Hall–Kier alpha value is -0.120. The van der Waals surface area contributed by atoms with Crippen molar-refractivity contribution in [3.63, 3.8) is 0 Å². The Bertz CT molecular complexity index is 166. The first-order valence-corrected chi connectivity index (χ1v) is 6.36. The second-order valence-corrected chi connectivity index (χ2v) is 5.72. The van der Waals surface area contributed by atoms with Gasteiger partial charge in [-0.3, -0.25) is 0 Å². The maximum atomic E-state index is 9.67. The van der Waals surface area contributed by atoms with Crippen LogP contribution in [0.4, 0.5) is 0 Å². The van der Waals surface area contributed by atoms with E-state index in [2.05, 4.69) is 39.9 Å². The zero-order chi connectivity index (χ0) is 12.6. The van der Waals surface area contributed by atoms with E-state index in [-0.39, 0.29) is 5.54 Å². The van der Waals surface area contributed by atoms with Gasteiger partial charge >= 0.3 is 0 Å². The maximum Gasteiger partial charge on any atom is 0.0897 e. The molecular formula is C13H29NO2. The Morgan fingerprint density at radius 2 is 1.88 bits per heavy atom. The number of ether oxygens (including phenoxy) is 1. The fourth-order valence-electron chi connectivity index (χ4n) is 1.46. The molecule has 0 aliphatic carbocycles. The highest BCUT2D eigenvalue weighted by Gasteiger charge is 2.12. The summed E-state index contributed by atoms with van der Waals surface area (Å²) in [5.41, 5.74) is 0.0521. The van der Waals surface area contributed by atoms with Crippen LogP contribution in [0.15, 0.2) is 0 Å². The number of hydrogen-bond acceptors (Lipinski definition) is 3. The van der Waals surface area contributed by atoms with Gasteiger partial charge in [-0.15, -0.1) is 0 Å². The van der Waals surface area contributed by atoms with Gasteiger partial charge in [0.05, 0.1) is 12.7 Å². The first-order valence-electron chi connectivity index (χ1n) is 6.36. The van der Waals surface area contributed by atoms with Crippen molar-refractivity contribution in [1.29, 1.82) is 0 Å². The molecule has 3 heteroatoms. The normalized spacial score (nSPS) is 16.1. The van der Waals surface area contributed by atoms with E-state index in [1.807, 2.05) is 0 Å². The highest BCUT2D eigenvalue weighted by atomic mass is 16.5. The van der Waals surface area contributed by atoms with Crippen LogP contribution in [0, 0.1) is 5.92 Å². The van der Waals surface area contributed by atoms with Crippen LogP contribution in [0.3, 0.4) is 0 Å². The molecule has 0 aliphatic rings. The summed E-state index contributed by atoms with van der Waals surface area (Å²) in [6.45, 7) is 12.4. The SMILES string of the molecule is CCCC(C)COCC(O)CNC(C)(C)C. The van der Waals surface area contributed by atoms with Crippen LogP contribution < -0.4 is 5.32 Å². The molecule has 16 heavy (non-hydrogen) atoms. The van der Waals surface area contributed by atoms with Gasteiger partial charge in [0.15, 0.2) is 0 Å². The molecule has 0 aromatic carbocycles. The number of aliphatic hydroxyl groups excluding tert-OH is 1. The largest absolute Gasteiger partial charge is 0.389 e. The third-order valence-corrected chi connectivity index (χ3v) is 2.36. The minimum atomic E-state index is -0.409. The monoisotopic (exact) mass is 231 g/mol. The third kappa shape index (κ3) is 10.4. The first kappa shape index (κ1) is 15.9. The lowest BCUT2D eigenvalue weighted by Crippen LogP contribution is -2.42. The zero-order valence-electron chi connectivity index (χ0n) is 11.5. The molecule has 0 fully saturated rings. The highest BCUT2D eigenvalue weighted by Crippen LogP contribution is 2.05. The van der Waals surface area contributed by atoms with Gasteiger partial charge in [0, 0.05) is 18.7 Å². The minimum absolute atomic E-state index is 0.0521. The van der Waals surface area contributed by atoms with Gasteiger partial charge in [-0.05, 0) is 33.1 Å². The summed E-state index contributed by atoms with van der Waals surface area (Å²) in [5, 5.41) is 12.9. The average Bonchev–Trinajstić information content (AvgIpc) is 2.14. The molecule has 0 saturated carbocycles. The Labute approximate surface area is 101 Å². The lowest BCUT2D eigenvalue weighted by Gasteiger charge is -2.23. The Morgan fingerprint density at radius 1 is 1.25 bits per heavy atom. The number of β-amino-alcohol motifs (C(OH)–C–C–N with tert-alkyl or cyclic N) is 1. The highest BCUT2D eigenvalue weighted by molar-refractivity contribution is 4.72. The topological polar surface area (TPSA) is 41.5 Å². The van der Waals surface area contributed by atoms with Crippen LogP contribution in [0.25, 0.3) is 0 Å². The van der Waals surface area contributed by atoms with Crippen molar-refractivity contribution in [2.24, 2.45) is 5.92 Å². The van der Waals surface area contributed by atoms with Crippen LogP contribution in [0.2, 0.25) is 0 Å². The summed E-state index contributed by atoms with van der Waals surface area (Å²) in [7, 11) is 0. The molecule has 0 amide bonds. The summed E-state index contributed by atoms with van der Waals surface area (Å²) in [5.74, 6) is 0.591. The lowest BCUT2D eigenvalue weighted by molar-refractivity contribution is 0.0203. The van der Waals surface area contributed by atoms with Crippen LogP contribution in [0.5, 0.6) is 0 Å². The van der Waals surface area contributed by atoms with E-state index in [0.717, 1.165) is 6.61 Å². The molecule has 98 valence electrons. The molecule has 0 aromatic heterocycles. The van der Waals surface area contributed by atoms with Crippen LogP contribution in [-0.2, 0) is 4.74 Å². The maximum absolute atomic E-state index is 9.67. The van der Waals surface area contributed by atoms with Crippen molar-refractivity contribution in [3.8, 4) is 0 Å². The summed E-state index contributed by atoms with van der Waals surface area (Å²) in [6, 6.07) is 0. The predicted molar refractivity (Wildman–Crippen MR) is 68.7 cm³/mol. The second-order valence-electron chi connectivity index (χ2n) is 5.72. The number of hydrogen-bond donors (Lipinski definition) is 2. The second kappa shape index (κ2) is 8.04. The Balaban J connectivity index is 3.47. The minimum Gasteiger partial charge on any atom is -0.389 e. The van der Waals surface area contributed by atoms with Gasteiger partial charge in [-0.25, -0.2) is 0 Å². The van der Waals surface area contributed by atoms with Gasteiger partial charge in [-0.1, -0.05) is 20.3 Å². The average molecular weight is 231 g/mol. The Kier molecular flexibility index (Phi) is 7.98. The van der Waals surface area contributed by atoms with Crippen LogP contribution in [-0.4, -0.2) is 36.5 Å². The van der Waals surface area contributed by atoms with Gasteiger partial charge < -0.3 is 15.2 Å². The van der Waals surface area contributed by atoms with E-state index in [1.165, 1.54) is 12.8 Å². The predicted octanol–water partition coefficient (Wildman–Crippen LogP) is 2.19. The number of aliphatic hydroxyl groups is 1. The van der Waals surface area contributed by atoms with E-state index in [1.54, 1.807) is 0 Å². The Morgan fingerprint density at radius 3 is 2.38 bits per heavy atom. The molecule has 0 saturated heterocycles. The summed E-state index contributed by atoms with van der Waals surface area (Å²) < 4.78 is 5.48. The van der Waals surface area contributed by atoms with Crippen molar-refractivity contribution in [1.82, 2.24) is 5.32 Å². The van der Waals surface area contributed by atoms with Gasteiger partial charge in [0.25, 0.3) is 0 Å². The van der Waals surface area contributed by atoms with Crippen molar-refractivity contribution in [2.75, 3.05) is 19.8 Å². The molecule has 2 unspecified atom stereocenters. The molecule has 2 atom stereocenters. The van der Waals surface area contributed by atoms with Crippen molar-refractivity contribution >= 4 is 0 Å². The van der Waals surface area contributed by atoms with E-state index >= 15 is 0 Å². The van der Waals surface area contributed by atoms with Crippen molar-refractivity contribution in [3.05, 3.63) is 0 Å². The summed E-state index contributed by atoms with van der Waals surface area (Å²) in [6.07, 6.45) is 1.97. The van der Waals surface area contributed by atoms with E-state index < -0.39 is 6.10 Å². The molecule has 2 N–H and O–H groups in total. The van der Waals surface area contributed by atoms with Crippen LogP contribution in [0.1, 0.15) is 47.5 Å². The first-order chi connectivity index (χ1) is 7.35. The fourth-order valence-corrected chi connectivity index (χ4v) is 1.46. The van der Waals surface area contributed by atoms with E-state index in [0.29, 0.717) is 19.1 Å². The van der Waals surface area contributed by atoms with Crippen LogP contribution >= 0.6 is 0 Å². The van der Waals surface area contributed by atoms with Gasteiger partial charge in [0.1, 0.15) is 0 Å². The molecule has 3 nitrogen and oxygen atoms in total. The number of nitrogens with one attached hydrogen (secondary N) is 1. The van der Waals surface area contributed by atoms with E-state index in [9.17, 15) is 5.11 Å². The lowest BCUT2D eigenvalue weighted by atomic mass is 10.1. The van der Waals surface area contributed by atoms with E-state index in [4.69, 9.17) is 4.74 Å². The molecule has 0 spiro atoms. The number of rotatable bonds is 8. The smallest absolute Gasteiger partial charge is 0.0897 e. The van der Waals surface area contributed by atoms with Crippen molar-refractivity contribution in [2.45, 2.75) is 59.1 Å².